The van der Waals surface area contributed by atoms with Gasteiger partial charge in [0.2, 0.25) is 0 Å². The van der Waals surface area contributed by atoms with E-state index in [1.54, 1.807) is 0 Å². The zero-order valence-corrected chi connectivity index (χ0v) is 14.0. The Kier molecular flexibility index (Phi) is 9.28. The van der Waals surface area contributed by atoms with Gasteiger partial charge in [0, 0.05) is 17.9 Å². The van der Waals surface area contributed by atoms with Gasteiger partial charge in [-0.25, -0.2) is 0 Å². The number of ether oxygens (including phenoxy) is 1. The lowest BCUT2D eigenvalue weighted by molar-refractivity contribution is -0.0193. The highest BCUT2D eigenvalue weighted by Crippen LogP contribution is 2.33. The van der Waals surface area contributed by atoms with E-state index in [4.69, 9.17) is 9.84 Å². The van der Waals surface area contributed by atoms with Gasteiger partial charge < -0.3 is 20.5 Å². The Balaban J connectivity index is 0.000000396. The maximum atomic E-state index is 7.00. The maximum absolute atomic E-state index is 7.00. The molecule has 3 N–H and O–H groups in total. The van der Waals surface area contributed by atoms with Crippen molar-refractivity contribution in [1.29, 1.82) is 0 Å². The molecule has 2 rings (SSSR count). The minimum Gasteiger partial charge on any atom is -0.400 e. The van der Waals surface area contributed by atoms with Gasteiger partial charge >= 0.3 is 0 Å². The molecule has 0 saturated carbocycles. The minimum atomic E-state index is 0.194. The molecular formula is C14H32N2O2S. The van der Waals surface area contributed by atoms with E-state index in [-0.39, 0.29) is 10.3 Å². The summed E-state index contributed by atoms with van der Waals surface area (Å²) >= 11 is 4.12. The lowest BCUT2D eigenvalue weighted by atomic mass is 9.88. The first-order chi connectivity index (χ1) is 8.85. The van der Waals surface area contributed by atoms with Crippen LogP contribution in [-0.2, 0) is 4.74 Å². The second-order valence-corrected chi connectivity index (χ2v) is 7.45. The van der Waals surface area contributed by atoms with E-state index in [0.717, 1.165) is 26.8 Å². The Morgan fingerprint density at radius 2 is 1.74 bits per heavy atom. The Morgan fingerprint density at radius 3 is 2.11 bits per heavy atom. The summed E-state index contributed by atoms with van der Waals surface area (Å²) in [6, 6.07) is 0.586. The molecule has 0 aromatic rings. The lowest BCUT2D eigenvalue weighted by Gasteiger charge is -2.32. The number of rotatable bonds is 1. The molecule has 0 aromatic heterocycles. The van der Waals surface area contributed by atoms with Gasteiger partial charge in [0.15, 0.2) is 0 Å². The molecule has 0 aromatic carbocycles. The highest BCUT2D eigenvalue weighted by molar-refractivity contribution is 7.81. The summed E-state index contributed by atoms with van der Waals surface area (Å²) in [6.45, 7) is 9.30. The van der Waals surface area contributed by atoms with Crippen molar-refractivity contribution in [2.45, 2.75) is 56.4 Å². The molecule has 4 nitrogen and oxygen atoms in total. The Bertz CT molecular complexity index is 220. The first-order valence-corrected chi connectivity index (χ1v) is 7.48. The molecule has 0 bridgehead atoms. The largest absolute Gasteiger partial charge is 0.400 e. The average Bonchev–Trinajstić information content (AvgIpc) is 2.74. The molecule has 0 amide bonds. The Hall–Kier alpha value is 0.190. The number of aliphatic hydroxyl groups is 1. The van der Waals surface area contributed by atoms with Crippen LogP contribution in [0.3, 0.4) is 0 Å². The van der Waals surface area contributed by atoms with E-state index in [2.05, 4.69) is 44.0 Å². The van der Waals surface area contributed by atoms with E-state index < -0.39 is 0 Å². The van der Waals surface area contributed by atoms with E-state index in [1.807, 2.05) is 7.05 Å². The molecule has 19 heavy (non-hydrogen) atoms. The number of piperidine rings is 1. The van der Waals surface area contributed by atoms with Crippen molar-refractivity contribution in [2.75, 3.05) is 33.9 Å². The zero-order valence-electron chi connectivity index (χ0n) is 13.1. The summed E-state index contributed by atoms with van der Waals surface area (Å²) in [5.74, 6) is 0. The summed E-state index contributed by atoms with van der Waals surface area (Å²) in [5, 5.41) is 13.7. The van der Waals surface area contributed by atoms with Gasteiger partial charge in [0.1, 0.15) is 0 Å². The van der Waals surface area contributed by atoms with Crippen LogP contribution in [-0.4, -0.2) is 55.4 Å². The molecule has 5 heteroatoms. The number of hydrogen-bond acceptors (Lipinski definition) is 5. The third kappa shape index (κ3) is 8.87. The van der Waals surface area contributed by atoms with E-state index >= 15 is 0 Å². The molecule has 1 unspecified atom stereocenters. The van der Waals surface area contributed by atoms with E-state index in [9.17, 15) is 0 Å². The molecule has 2 heterocycles. The molecule has 2 saturated heterocycles. The van der Waals surface area contributed by atoms with Crippen LogP contribution in [0.15, 0.2) is 0 Å². The molecule has 2 aliphatic rings. The van der Waals surface area contributed by atoms with Crippen molar-refractivity contribution in [3.05, 3.63) is 0 Å². The molecule has 1 atom stereocenters. The average molecular weight is 292 g/mol. The van der Waals surface area contributed by atoms with Crippen molar-refractivity contribution in [3.8, 4) is 0 Å². The van der Waals surface area contributed by atoms with Gasteiger partial charge in [-0.15, -0.1) is 0 Å². The highest BCUT2D eigenvalue weighted by atomic mass is 32.1. The standard InChI is InChI=1S/C9H18N2O.C4H10S.CH4O/c1-10-8-6-9(12-7-8)2-4-11-5-3-9;1-4(2,3)5;1-2/h8,10-11H,2-7H2,1H3;5H,1-3H3;2H,1H3. The van der Waals surface area contributed by atoms with Crippen molar-refractivity contribution < 1.29 is 9.84 Å². The predicted octanol–water partition coefficient (Wildman–Crippen LogP) is 1.44. The van der Waals surface area contributed by atoms with Crippen molar-refractivity contribution in [2.24, 2.45) is 0 Å². The van der Waals surface area contributed by atoms with Crippen molar-refractivity contribution in [3.63, 3.8) is 0 Å². The van der Waals surface area contributed by atoms with E-state index in [0.29, 0.717) is 6.04 Å². The predicted molar refractivity (Wildman–Crippen MR) is 85.1 cm³/mol. The number of nitrogens with one attached hydrogen (secondary N) is 2. The summed E-state index contributed by atoms with van der Waals surface area (Å²) in [4.78, 5) is 0. The zero-order chi connectivity index (χ0) is 14.9. The van der Waals surface area contributed by atoms with Crippen LogP contribution in [0.1, 0.15) is 40.0 Å². The van der Waals surface area contributed by atoms with Gasteiger partial charge in [0.05, 0.1) is 12.2 Å². The minimum absolute atomic E-state index is 0.194. The van der Waals surface area contributed by atoms with Crippen molar-refractivity contribution in [1.82, 2.24) is 10.6 Å². The second-order valence-electron chi connectivity index (χ2n) is 6.10. The number of likely N-dealkylation sites (N-methyl/N-ethyl adjacent to an activating group) is 1. The first kappa shape index (κ1) is 19.2. The highest BCUT2D eigenvalue weighted by Gasteiger charge is 2.40. The van der Waals surface area contributed by atoms with Gasteiger partial charge in [-0.3, -0.25) is 0 Å². The smallest absolute Gasteiger partial charge is 0.0723 e. The SMILES string of the molecule is CC(C)(C)S.CNC1COC2(CCNCC2)C1.CO. The third-order valence-corrected chi connectivity index (χ3v) is 3.13. The Morgan fingerprint density at radius 1 is 1.26 bits per heavy atom. The number of aliphatic hydroxyl groups excluding tert-OH is 1. The quantitative estimate of drug-likeness (QED) is 0.553. The summed E-state index contributed by atoms with van der Waals surface area (Å²) in [5.41, 5.74) is 0.221. The topological polar surface area (TPSA) is 53.5 Å². The molecule has 116 valence electrons. The van der Waals surface area contributed by atoms with Crippen LogP contribution in [0.2, 0.25) is 0 Å². The summed E-state index contributed by atoms with van der Waals surface area (Å²) in [6.07, 6.45) is 3.57. The van der Waals surface area contributed by atoms with Crippen LogP contribution in [0, 0.1) is 0 Å². The fraction of sp³-hybridized carbons (Fsp3) is 1.00. The van der Waals surface area contributed by atoms with Crippen LogP contribution < -0.4 is 10.6 Å². The molecular weight excluding hydrogens is 260 g/mol. The summed E-state index contributed by atoms with van der Waals surface area (Å²) in [7, 11) is 3.02. The molecule has 0 aliphatic carbocycles. The normalized spacial score (nSPS) is 25.1. The van der Waals surface area contributed by atoms with Gasteiger partial charge in [-0.1, -0.05) is 20.8 Å². The number of hydrogen-bond donors (Lipinski definition) is 4. The van der Waals surface area contributed by atoms with Gasteiger partial charge in [-0.05, 0) is 39.4 Å². The van der Waals surface area contributed by atoms with E-state index in [1.165, 1.54) is 19.3 Å². The fourth-order valence-corrected chi connectivity index (χ4v) is 2.26. The monoisotopic (exact) mass is 292 g/mol. The number of thiol groups is 1. The molecule has 2 fully saturated rings. The van der Waals surface area contributed by atoms with Gasteiger partial charge in [0.25, 0.3) is 0 Å². The third-order valence-electron chi connectivity index (χ3n) is 3.13. The van der Waals surface area contributed by atoms with Crippen LogP contribution in [0.5, 0.6) is 0 Å². The second kappa shape index (κ2) is 9.19. The summed E-state index contributed by atoms with van der Waals surface area (Å²) < 4.78 is 6.08. The first-order valence-electron chi connectivity index (χ1n) is 7.04. The van der Waals surface area contributed by atoms with Gasteiger partial charge in [-0.2, -0.15) is 12.6 Å². The molecule has 2 aliphatic heterocycles. The van der Waals surface area contributed by atoms with Crippen molar-refractivity contribution >= 4 is 12.6 Å². The maximum Gasteiger partial charge on any atom is 0.0723 e. The van der Waals surface area contributed by atoms with Crippen LogP contribution in [0.25, 0.3) is 0 Å². The lowest BCUT2D eigenvalue weighted by Crippen LogP contribution is -2.42. The van der Waals surface area contributed by atoms with Crippen LogP contribution >= 0.6 is 12.6 Å². The molecule has 1 spiro atoms. The molecule has 0 radical (unpaired) electrons. The fourth-order valence-electron chi connectivity index (χ4n) is 2.26. The van der Waals surface area contributed by atoms with Crippen LogP contribution in [0.4, 0.5) is 0 Å². The Labute approximate surface area is 124 Å².